The minimum atomic E-state index is 0.167. The lowest BCUT2D eigenvalue weighted by atomic mass is 9.93. The zero-order chi connectivity index (χ0) is 26.6. The van der Waals surface area contributed by atoms with Crippen molar-refractivity contribution in [2.75, 3.05) is 39.9 Å². The van der Waals surface area contributed by atoms with Gasteiger partial charge in [0.2, 0.25) is 0 Å². The average Bonchev–Trinajstić information content (AvgIpc) is 3.46. The van der Waals surface area contributed by atoms with Crippen molar-refractivity contribution in [3.8, 4) is 5.75 Å². The molecule has 0 N–H and O–H groups in total. The van der Waals surface area contributed by atoms with Crippen molar-refractivity contribution < 1.29 is 19.2 Å². The predicted octanol–water partition coefficient (Wildman–Crippen LogP) is 6.07. The first-order valence-corrected chi connectivity index (χ1v) is 13.6. The summed E-state index contributed by atoms with van der Waals surface area (Å²) in [6.07, 6.45) is 7.88. The Morgan fingerprint density at radius 3 is 2.43 bits per heavy atom. The fourth-order valence-electron chi connectivity index (χ4n) is 4.27. The molecule has 3 rings (SSSR count). The van der Waals surface area contributed by atoms with Crippen LogP contribution in [-0.4, -0.2) is 68.0 Å². The van der Waals surface area contributed by atoms with Gasteiger partial charge in [-0.1, -0.05) is 53.2 Å². The summed E-state index contributed by atoms with van der Waals surface area (Å²) < 4.78 is 5.58. The van der Waals surface area contributed by atoms with Crippen molar-refractivity contribution in [1.29, 1.82) is 0 Å². The van der Waals surface area contributed by atoms with E-state index in [0.29, 0.717) is 18.5 Å². The molecule has 1 aromatic carbocycles. The zero-order valence-electron chi connectivity index (χ0n) is 23.8. The van der Waals surface area contributed by atoms with Crippen LogP contribution in [0.3, 0.4) is 0 Å². The lowest BCUT2D eigenvalue weighted by molar-refractivity contribution is -0.139. The highest BCUT2D eigenvalue weighted by molar-refractivity contribution is 5.72. The second kappa shape index (κ2) is 20.4. The number of carbonyl (C=O) groups excluding carboxylic acids is 2. The molecular weight excluding hydrogens is 440 g/mol. The Balaban J connectivity index is 0.000000646. The van der Waals surface area contributed by atoms with Gasteiger partial charge in [0.05, 0.1) is 19.8 Å². The van der Waals surface area contributed by atoms with Gasteiger partial charge in [-0.15, -0.1) is 0 Å². The summed E-state index contributed by atoms with van der Waals surface area (Å²) in [5.74, 6) is 1.79. The maximum Gasteiger partial charge on any atom is 0.133 e. The number of likely N-dealkylation sites (tertiary alicyclic amines) is 1. The van der Waals surface area contributed by atoms with E-state index in [-0.39, 0.29) is 5.78 Å². The topological polar surface area (TPSA) is 59.1 Å². The third kappa shape index (κ3) is 13.8. The standard InChI is InChI=1S/C17H23NO2.C7H17NO.C3H6O.C2H6/c1-2-3-16-11-15(12-18(16)7-8-19)13-4-5-17-14(10-13)6-9-20-17;1-4-6-8(3)9-7-5-2;1-3(2)4;1-2/h4-5,8,10,15-16H,2-3,6-7,9,11-12H2,1H3;4-7H2,1-3H3;1-2H3;1-2H3. The lowest BCUT2D eigenvalue weighted by Gasteiger charge is -2.20. The van der Waals surface area contributed by atoms with Gasteiger partial charge in [-0.05, 0) is 62.6 Å². The summed E-state index contributed by atoms with van der Waals surface area (Å²) in [4.78, 5) is 27.9. The number of ketones is 1. The van der Waals surface area contributed by atoms with Crippen LogP contribution < -0.4 is 4.74 Å². The highest BCUT2D eigenvalue weighted by Gasteiger charge is 2.32. The fourth-order valence-corrected chi connectivity index (χ4v) is 4.27. The summed E-state index contributed by atoms with van der Waals surface area (Å²) in [7, 11) is 1.97. The second-order valence-corrected chi connectivity index (χ2v) is 9.05. The number of Topliss-reactive ketones (excluding diaryl/α,β-unsaturated/α-hetero) is 1. The normalized spacial score (nSPS) is 18.2. The van der Waals surface area contributed by atoms with Crippen molar-refractivity contribution in [2.45, 2.75) is 99.0 Å². The highest BCUT2D eigenvalue weighted by atomic mass is 16.7. The van der Waals surface area contributed by atoms with Crippen LogP contribution in [0.15, 0.2) is 18.2 Å². The number of hydroxylamine groups is 2. The summed E-state index contributed by atoms with van der Waals surface area (Å²) in [5.41, 5.74) is 2.77. The van der Waals surface area contributed by atoms with Gasteiger partial charge < -0.3 is 14.3 Å². The van der Waals surface area contributed by atoms with Gasteiger partial charge >= 0.3 is 0 Å². The van der Waals surface area contributed by atoms with Gasteiger partial charge in [0.1, 0.15) is 17.8 Å². The van der Waals surface area contributed by atoms with Crippen LogP contribution in [0.5, 0.6) is 5.75 Å². The fraction of sp³-hybridized carbons (Fsp3) is 0.724. The molecule has 2 aliphatic rings. The maximum atomic E-state index is 10.8. The molecule has 1 aromatic rings. The highest BCUT2D eigenvalue weighted by Crippen LogP contribution is 2.36. The summed E-state index contributed by atoms with van der Waals surface area (Å²) in [6, 6.07) is 7.22. The van der Waals surface area contributed by atoms with E-state index in [1.54, 1.807) is 0 Å². The van der Waals surface area contributed by atoms with Crippen molar-refractivity contribution in [2.24, 2.45) is 0 Å². The van der Waals surface area contributed by atoms with Crippen molar-refractivity contribution in [3.63, 3.8) is 0 Å². The Morgan fingerprint density at radius 1 is 1.17 bits per heavy atom. The largest absolute Gasteiger partial charge is 0.493 e. The number of carbonyl (C=O) groups is 2. The Labute approximate surface area is 215 Å². The average molecular weight is 493 g/mol. The van der Waals surface area contributed by atoms with E-state index in [4.69, 9.17) is 9.57 Å². The number of ether oxygens (including phenoxy) is 1. The molecule has 0 spiro atoms. The number of fused-ring (bicyclic) bond motifs is 1. The van der Waals surface area contributed by atoms with Gasteiger partial charge in [-0.2, -0.15) is 5.06 Å². The zero-order valence-corrected chi connectivity index (χ0v) is 23.8. The van der Waals surface area contributed by atoms with Crippen molar-refractivity contribution >= 4 is 12.1 Å². The molecule has 35 heavy (non-hydrogen) atoms. The van der Waals surface area contributed by atoms with E-state index >= 15 is 0 Å². The van der Waals surface area contributed by atoms with E-state index in [2.05, 4.69) is 43.9 Å². The molecule has 2 atom stereocenters. The third-order valence-corrected chi connectivity index (χ3v) is 5.70. The Kier molecular flexibility index (Phi) is 19.4. The van der Waals surface area contributed by atoms with Gasteiger partial charge in [0, 0.05) is 32.6 Å². The molecule has 0 aliphatic carbocycles. The lowest BCUT2D eigenvalue weighted by Crippen LogP contribution is -2.31. The van der Waals surface area contributed by atoms with E-state index < -0.39 is 0 Å². The van der Waals surface area contributed by atoms with Gasteiger partial charge in [-0.25, -0.2) is 0 Å². The van der Waals surface area contributed by atoms with Crippen LogP contribution in [-0.2, 0) is 20.8 Å². The molecule has 0 radical (unpaired) electrons. The Bertz CT molecular complexity index is 691. The molecular formula is C29H52N2O4. The Hall–Kier alpha value is -1.76. The molecule has 0 bridgehead atoms. The maximum absolute atomic E-state index is 10.8. The number of hydrogen-bond acceptors (Lipinski definition) is 6. The molecule has 2 unspecified atom stereocenters. The first-order valence-electron chi connectivity index (χ1n) is 13.6. The number of nitrogens with zero attached hydrogens (tertiary/aromatic N) is 2. The van der Waals surface area contributed by atoms with E-state index in [1.165, 1.54) is 44.2 Å². The van der Waals surface area contributed by atoms with E-state index in [0.717, 1.165) is 57.6 Å². The minimum Gasteiger partial charge on any atom is -0.493 e. The monoisotopic (exact) mass is 492 g/mol. The molecule has 0 amide bonds. The first-order chi connectivity index (χ1) is 16.9. The van der Waals surface area contributed by atoms with Crippen LogP contribution in [0.2, 0.25) is 0 Å². The Morgan fingerprint density at radius 2 is 1.86 bits per heavy atom. The predicted molar refractivity (Wildman–Crippen MR) is 146 cm³/mol. The molecule has 1 saturated heterocycles. The van der Waals surface area contributed by atoms with Crippen molar-refractivity contribution in [1.82, 2.24) is 9.96 Å². The number of hydrogen-bond donors (Lipinski definition) is 0. The van der Waals surface area contributed by atoms with Gasteiger partial charge in [0.25, 0.3) is 0 Å². The van der Waals surface area contributed by atoms with Crippen LogP contribution in [0.25, 0.3) is 0 Å². The quantitative estimate of drug-likeness (QED) is 0.292. The van der Waals surface area contributed by atoms with Crippen molar-refractivity contribution in [3.05, 3.63) is 29.3 Å². The molecule has 1 fully saturated rings. The van der Waals surface area contributed by atoms with Crippen LogP contribution in [0.1, 0.15) is 97.6 Å². The smallest absolute Gasteiger partial charge is 0.133 e. The van der Waals surface area contributed by atoms with Crippen LogP contribution in [0, 0.1) is 0 Å². The number of aldehydes is 1. The van der Waals surface area contributed by atoms with Crippen LogP contribution >= 0.6 is 0 Å². The molecule has 202 valence electrons. The minimum absolute atomic E-state index is 0.167. The molecule has 0 saturated carbocycles. The molecule has 6 heteroatoms. The van der Waals surface area contributed by atoms with Crippen LogP contribution in [0.4, 0.5) is 0 Å². The van der Waals surface area contributed by atoms with Gasteiger partial charge in [0.15, 0.2) is 0 Å². The number of benzene rings is 1. The summed E-state index contributed by atoms with van der Waals surface area (Å²) in [6.45, 7) is 17.8. The molecule has 0 aromatic heterocycles. The first kappa shape index (κ1) is 33.2. The summed E-state index contributed by atoms with van der Waals surface area (Å²) in [5, 5.41) is 1.89. The van der Waals surface area contributed by atoms with E-state index in [1.807, 2.05) is 26.0 Å². The SMILES string of the molecule is CC.CC(C)=O.CCCC1CC(c2ccc3c(c2)CCO3)CN1CC=O.CCCON(C)CCC. The molecule has 2 heterocycles. The second-order valence-electron chi connectivity index (χ2n) is 9.05. The molecule has 2 aliphatic heterocycles. The summed E-state index contributed by atoms with van der Waals surface area (Å²) >= 11 is 0. The number of rotatable bonds is 10. The van der Waals surface area contributed by atoms with E-state index in [9.17, 15) is 9.59 Å². The third-order valence-electron chi connectivity index (χ3n) is 5.70. The molecule has 6 nitrogen and oxygen atoms in total. The van der Waals surface area contributed by atoms with Gasteiger partial charge in [-0.3, -0.25) is 9.74 Å².